The molecule has 29 heavy (non-hydrogen) atoms. The van der Waals surface area contributed by atoms with Crippen molar-refractivity contribution in [3.05, 3.63) is 95.7 Å². The predicted octanol–water partition coefficient (Wildman–Crippen LogP) is 3.88. The van der Waals surface area contributed by atoms with Crippen LogP contribution in [0, 0.1) is 5.82 Å². The first-order chi connectivity index (χ1) is 14.1. The van der Waals surface area contributed by atoms with Gasteiger partial charge < -0.3 is 15.6 Å². The monoisotopic (exact) mass is 388 g/mol. The van der Waals surface area contributed by atoms with Gasteiger partial charge in [0.05, 0.1) is 0 Å². The van der Waals surface area contributed by atoms with E-state index in [2.05, 4.69) is 20.6 Å². The number of hydrogen-bond acceptors (Lipinski definition) is 3. The minimum atomic E-state index is -0.398. The van der Waals surface area contributed by atoms with E-state index in [-0.39, 0.29) is 11.8 Å². The molecule has 2 aromatic heterocycles. The van der Waals surface area contributed by atoms with Gasteiger partial charge in [0.2, 0.25) is 0 Å². The number of H-pyrrole nitrogens is 1. The van der Waals surface area contributed by atoms with Gasteiger partial charge in [0.25, 0.3) is 11.8 Å². The number of nitrogens with zero attached hydrogens (tertiary/aromatic N) is 1. The molecule has 0 saturated heterocycles. The molecule has 0 radical (unpaired) electrons. The lowest BCUT2D eigenvalue weighted by Gasteiger charge is -2.05. The number of pyridine rings is 1. The standard InChI is InChI=1S/C22H17FN4O2/c23-17-3-1-15(2-4-17)21(28)26-18-5-6-19-16(11-18)12-20(27-19)22(29)25-13-14-7-9-24-10-8-14/h1-12,27H,13H2,(H,25,29)(H,26,28). The lowest BCUT2D eigenvalue weighted by atomic mass is 10.2. The van der Waals surface area contributed by atoms with E-state index in [1.165, 1.54) is 24.3 Å². The average molecular weight is 388 g/mol. The predicted molar refractivity (Wildman–Crippen MR) is 108 cm³/mol. The highest BCUT2D eigenvalue weighted by Crippen LogP contribution is 2.21. The molecule has 0 saturated carbocycles. The molecular weight excluding hydrogens is 371 g/mol. The smallest absolute Gasteiger partial charge is 0.267 e. The van der Waals surface area contributed by atoms with E-state index in [0.29, 0.717) is 23.5 Å². The fourth-order valence-electron chi connectivity index (χ4n) is 2.92. The molecule has 0 unspecified atom stereocenters. The number of benzene rings is 2. The zero-order valence-corrected chi connectivity index (χ0v) is 15.3. The van der Waals surface area contributed by atoms with Gasteiger partial charge in [-0.2, -0.15) is 0 Å². The Kier molecular flexibility index (Phi) is 5.03. The van der Waals surface area contributed by atoms with Crippen molar-refractivity contribution >= 4 is 28.4 Å². The summed E-state index contributed by atoms with van der Waals surface area (Å²) in [4.78, 5) is 31.7. The van der Waals surface area contributed by atoms with Gasteiger partial charge in [0, 0.05) is 41.1 Å². The molecule has 2 aromatic carbocycles. The van der Waals surface area contributed by atoms with Gasteiger partial charge >= 0.3 is 0 Å². The fourth-order valence-corrected chi connectivity index (χ4v) is 2.92. The first-order valence-electron chi connectivity index (χ1n) is 8.95. The maximum Gasteiger partial charge on any atom is 0.267 e. The molecule has 6 nitrogen and oxygen atoms in total. The van der Waals surface area contributed by atoms with Crippen molar-refractivity contribution < 1.29 is 14.0 Å². The van der Waals surface area contributed by atoms with Crippen LogP contribution in [0.4, 0.5) is 10.1 Å². The number of nitrogens with one attached hydrogen (secondary N) is 3. The number of anilines is 1. The van der Waals surface area contributed by atoms with E-state index in [1.807, 2.05) is 12.1 Å². The number of carbonyl (C=O) groups excluding carboxylic acids is 2. The Morgan fingerprint density at radius 1 is 0.931 bits per heavy atom. The third kappa shape index (κ3) is 4.30. The Bertz CT molecular complexity index is 1170. The summed E-state index contributed by atoms with van der Waals surface area (Å²) < 4.78 is 13.0. The second kappa shape index (κ2) is 7.93. The van der Waals surface area contributed by atoms with Gasteiger partial charge in [-0.05, 0) is 66.2 Å². The molecule has 3 N–H and O–H groups in total. The van der Waals surface area contributed by atoms with Crippen molar-refractivity contribution in [2.75, 3.05) is 5.32 Å². The number of aromatic nitrogens is 2. The van der Waals surface area contributed by atoms with Gasteiger partial charge in [0.15, 0.2) is 0 Å². The maximum atomic E-state index is 13.0. The second-order valence-corrected chi connectivity index (χ2v) is 6.48. The minimum absolute atomic E-state index is 0.227. The zero-order chi connectivity index (χ0) is 20.2. The molecule has 2 heterocycles. The van der Waals surface area contributed by atoms with Crippen LogP contribution in [0.3, 0.4) is 0 Å². The highest BCUT2D eigenvalue weighted by atomic mass is 19.1. The van der Waals surface area contributed by atoms with Gasteiger partial charge in [-0.15, -0.1) is 0 Å². The van der Waals surface area contributed by atoms with Gasteiger partial charge in [-0.25, -0.2) is 4.39 Å². The van der Waals surface area contributed by atoms with Crippen LogP contribution in [0.5, 0.6) is 0 Å². The number of carbonyl (C=O) groups is 2. The van der Waals surface area contributed by atoms with E-state index < -0.39 is 5.82 Å². The van der Waals surface area contributed by atoms with Crippen LogP contribution in [0.2, 0.25) is 0 Å². The third-order valence-electron chi connectivity index (χ3n) is 4.43. The first-order valence-corrected chi connectivity index (χ1v) is 8.95. The Hall–Kier alpha value is -4.00. The number of hydrogen-bond donors (Lipinski definition) is 3. The minimum Gasteiger partial charge on any atom is -0.351 e. The topological polar surface area (TPSA) is 86.9 Å². The Labute approximate surface area is 165 Å². The molecule has 144 valence electrons. The third-order valence-corrected chi connectivity index (χ3v) is 4.43. The molecule has 0 bridgehead atoms. The summed E-state index contributed by atoms with van der Waals surface area (Å²) in [6.07, 6.45) is 3.35. The number of rotatable bonds is 5. The molecule has 4 aromatic rings. The summed E-state index contributed by atoms with van der Waals surface area (Å²) in [7, 11) is 0. The van der Waals surface area contributed by atoms with Crippen molar-refractivity contribution in [3.63, 3.8) is 0 Å². The Morgan fingerprint density at radius 2 is 1.69 bits per heavy atom. The molecule has 2 amide bonds. The Balaban J connectivity index is 1.46. The number of fused-ring (bicyclic) bond motifs is 1. The molecule has 0 spiro atoms. The van der Waals surface area contributed by atoms with Gasteiger partial charge in [-0.3, -0.25) is 14.6 Å². The molecule has 0 atom stereocenters. The molecule has 0 aliphatic rings. The average Bonchev–Trinajstić information content (AvgIpc) is 3.17. The first kappa shape index (κ1) is 18.4. The number of halogens is 1. The van der Waals surface area contributed by atoms with E-state index in [0.717, 1.165) is 16.5 Å². The van der Waals surface area contributed by atoms with E-state index in [9.17, 15) is 14.0 Å². The largest absolute Gasteiger partial charge is 0.351 e. The number of aromatic amines is 1. The molecule has 0 fully saturated rings. The SMILES string of the molecule is O=C(Nc1ccc2[nH]c(C(=O)NCc3ccncc3)cc2c1)c1ccc(F)cc1. The van der Waals surface area contributed by atoms with Crippen molar-refractivity contribution in [3.8, 4) is 0 Å². The second-order valence-electron chi connectivity index (χ2n) is 6.48. The van der Waals surface area contributed by atoms with Crippen LogP contribution in [0.25, 0.3) is 10.9 Å². The zero-order valence-electron chi connectivity index (χ0n) is 15.3. The van der Waals surface area contributed by atoms with Crippen LogP contribution in [-0.2, 0) is 6.54 Å². The van der Waals surface area contributed by atoms with Crippen molar-refractivity contribution in [1.29, 1.82) is 0 Å². The van der Waals surface area contributed by atoms with Crippen LogP contribution >= 0.6 is 0 Å². The lowest BCUT2D eigenvalue weighted by Crippen LogP contribution is -2.23. The quantitative estimate of drug-likeness (QED) is 0.485. The number of amides is 2. The van der Waals surface area contributed by atoms with Crippen molar-refractivity contribution in [1.82, 2.24) is 15.3 Å². The van der Waals surface area contributed by atoms with Crippen LogP contribution in [0.1, 0.15) is 26.4 Å². The summed E-state index contributed by atoms with van der Waals surface area (Å²) in [5.74, 6) is -0.963. The van der Waals surface area contributed by atoms with Crippen LogP contribution in [0.15, 0.2) is 73.1 Å². The Morgan fingerprint density at radius 3 is 2.45 bits per heavy atom. The summed E-state index contributed by atoms with van der Waals surface area (Å²) >= 11 is 0. The van der Waals surface area contributed by atoms with Crippen molar-refractivity contribution in [2.24, 2.45) is 0 Å². The van der Waals surface area contributed by atoms with E-state index in [4.69, 9.17) is 0 Å². The highest BCUT2D eigenvalue weighted by Gasteiger charge is 2.11. The summed E-state index contributed by atoms with van der Waals surface area (Å²) in [6, 6.07) is 16.0. The lowest BCUT2D eigenvalue weighted by molar-refractivity contribution is 0.0946. The fraction of sp³-hybridized carbons (Fsp3) is 0.0455. The highest BCUT2D eigenvalue weighted by molar-refractivity contribution is 6.05. The van der Waals surface area contributed by atoms with E-state index >= 15 is 0 Å². The van der Waals surface area contributed by atoms with E-state index in [1.54, 1.807) is 36.7 Å². The normalized spacial score (nSPS) is 10.7. The summed E-state index contributed by atoms with van der Waals surface area (Å²) in [5.41, 5.74) is 3.09. The summed E-state index contributed by atoms with van der Waals surface area (Å²) in [6.45, 7) is 0.399. The summed E-state index contributed by atoms with van der Waals surface area (Å²) in [5, 5.41) is 6.41. The van der Waals surface area contributed by atoms with Gasteiger partial charge in [0.1, 0.15) is 11.5 Å². The maximum absolute atomic E-state index is 13.0. The molecule has 0 aliphatic heterocycles. The van der Waals surface area contributed by atoms with Crippen LogP contribution in [-0.4, -0.2) is 21.8 Å². The molecule has 7 heteroatoms. The van der Waals surface area contributed by atoms with Crippen LogP contribution < -0.4 is 10.6 Å². The molecular formula is C22H17FN4O2. The molecule has 0 aliphatic carbocycles. The van der Waals surface area contributed by atoms with Crippen molar-refractivity contribution in [2.45, 2.75) is 6.54 Å². The van der Waals surface area contributed by atoms with Gasteiger partial charge in [-0.1, -0.05) is 0 Å². The molecule has 4 rings (SSSR count).